The van der Waals surface area contributed by atoms with Gasteiger partial charge in [-0.3, -0.25) is 4.79 Å². The smallest absolute Gasteiger partial charge is 0.416 e. The SMILES string of the molecule is CC1CC1c1ccc(/C=C/C(=O)N(C)Cc2ccc(C(F)(F)F)cc2)o1. The Bertz CT molecular complexity index is 805. The van der Waals surface area contributed by atoms with Gasteiger partial charge in [0.2, 0.25) is 5.91 Å². The number of furan rings is 1. The molecular weight excluding hydrogens is 343 g/mol. The quantitative estimate of drug-likeness (QED) is 0.693. The van der Waals surface area contributed by atoms with Gasteiger partial charge in [0, 0.05) is 25.6 Å². The van der Waals surface area contributed by atoms with Crippen LogP contribution in [0.3, 0.4) is 0 Å². The molecule has 6 heteroatoms. The molecular formula is C20H20F3NO2. The zero-order valence-corrected chi connectivity index (χ0v) is 14.6. The molecule has 1 amide bonds. The molecule has 2 aromatic rings. The van der Waals surface area contributed by atoms with Gasteiger partial charge in [-0.25, -0.2) is 0 Å². The van der Waals surface area contributed by atoms with Gasteiger partial charge >= 0.3 is 6.18 Å². The number of halogens is 3. The lowest BCUT2D eigenvalue weighted by Gasteiger charge is -2.15. The van der Waals surface area contributed by atoms with E-state index in [1.807, 2.05) is 12.1 Å². The highest BCUT2D eigenvalue weighted by molar-refractivity contribution is 5.91. The fourth-order valence-electron chi connectivity index (χ4n) is 2.81. The van der Waals surface area contributed by atoms with Crippen LogP contribution in [0.4, 0.5) is 13.2 Å². The number of likely N-dealkylation sites (N-methyl/N-ethyl adjacent to an activating group) is 1. The van der Waals surface area contributed by atoms with Crippen molar-refractivity contribution in [3.05, 3.63) is 65.1 Å². The number of hydrogen-bond donors (Lipinski definition) is 0. The third-order valence-corrected chi connectivity index (χ3v) is 4.59. The molecule has 3 rings (SSSR count). The molecule has 0 aliphatic heterocycles. The van der Waals surface area contributed by atoms with Gasteiger partial charge < -0.3 is 9.32 Å². The zero-order chi connectivity index (χ0) is 18.9. The molecule has 138 valence electrons. The molecule has 1 aromatic heterocycles. The van der Waals surface area contributed by atoms with Crippen molar-refractivity contribution >= 4 is 12.0 Å². The maximum absolute atomic E-state index is 12.6. The molecule has 0 saturated heterocycles. The molecule has 1 aliphatic rings. The predicted molar refractivity (Wildman–Crippen MR) is 92.2 cm³/mol. The van der Waals surface area contributed by atoms with Crippen molar-refractivity contribution < 1.29 is 22.4 Å². The fourth-order valence-corrected chi connectivity index (χ4v) is 2.81. The van der Waals surface area contributed by atoms with Gasteiger partial charge in [0.25, 0.3) is 0 Å². The first kappa shape index (κ1) is 18.3. The van der Waals surface area contributed by atoms with Crippen LogP contribution in [-0.4, -0.2) is 17.9 Å². The highest BCUT2D eigenvalue weighted by Gasteiger charge is 2.36. The first-order valence-corrected chi connectivity index (χ1v) is 8.43. The van der Waals surface area contributed by atoms with Gasteiger partial charge in [0.1, 0.15) is 11.5 Å². The van der Waals surface area contributed by atoms with E-state index in [1.54, 1.807) is 13.1 Å². The van der Waals surface area contributed by atoms with Crippen molar-refractivity contribution in [1.29, 1.82) is 0 Å². The van der Waals surface area contributed by atoms with Crippen molar-refractivity contribution in [3.8, 4) is 0 Å². The molecule has 3 nitrogen and oxygen atoms in total. The Morgan fingerprint density at radius 2 is 1.88 bits per heavy atom. The molecule has 26 heavy (non-hydrogen) atoms. The van der Waals surface area contributed by atoms with Crippen LogP contribution in [0, 0.1) is 5.92 Å². The van der Waals surface area contributed by atoms with Gasteiger partial charge in [0.05, 0.1) is 5.56 Å². The van der Waals surface area contributed by atoms with Gasteiger partial charge in [-0.15, -0.1) is 0 Å². The summed E-state index contributed by atoms with van der Waals surface area (Å²) in [7, 11) is 1.60. The van der Waals surface area contributed by atoms with E-state index in [2.05, 4.69) is 6.92 Å². The molecule has 0 radical (unpaired) electrons. The van der Waals surface area contributed by atoms with Crippen molar-refractivity contribution in [3.63, 3.8) is 0 Å². The second-order valence-corrected chi connectivity index (χ2v) is 6.78. The lowest BCUT2D eigenvalue weighted by Crippen LogP contribution is -2.24. The molecule has 1 fully saturated rings. The van der Waals surface area contributed by atoms with Crippen LogP contribution in [0.15, 0.2) is 46.9 Å². The van der Waals surface area contributed by atoms with E-state index in [0.29, 0.717) is 23.2 Å². The normalized spacial score (nSPS) is 19.7. The summed E-state index contributed by atoms with van der Waals surface area (Å²) in [6, 6.07) is 8.57. The largest absolute Gasteiger partial charge is 0.461 e. The number of alkyl halides is 3. The Labute approximate surface area is 150 Å². The Kier molecular flexibility index (Phi) is 4.94. The van der Waals surface area contributed by atoms with Crippen LogP contribution in [0.5, 0.6) is 0 Å². The van der Waals surface area contributed by atoms with Crippen LogP contribution in [-0.2, 0) is 17.5 Å². The second kappa shape index (κ2) is 7.02. The summed E-state index contributed by atoms with van der Waals surface area (Å²) in [6.07, 6.45) is -0.209. The highest BCUT2D eigenvalue weighted by atomic mass is 19.4. The van der Waals surface area contributed by atoms with Crippen LogP contribution < -0.4 is 0 Å². The lowest BCUT2D eigenvalue weighted by molar-refractivity contribution is -0.137. The first-order chi connectivity index (χ1) is 12.2. The Morgan fingerprint density at radius 3 is 2.46 bits per heavy atom. The summed E-state index contributed by atoms with van der Waals surface area (Å²) in [5.74, 6) is 2.45. The van der Waals surface area contributed by atoms with Gasteiger partial charge in [-0.1, -0.05) is 19.1 Å². The number of carbonyl (C=O) groups is 1. The highest BCUT2D eigenvalue weighted by Crippen LogP contribution is 2.47. The van der Waals surface area contributed by atoms with E-state index < -0.39 is 11.7 Å². The summed E-state index contributed by atoms with van der Waals surface area (Å²) in [5.41, 5.74) is -0.0704. The molecule has 2 unspecified atom stereocenters. The fraction of sp³-hybridized carbons (Fsp3) is 0.350. The number of amides is 1. The minimum absolute atomic E-state index is 0.226. The van der Waals surface area contributed by atoms with Crippen molar-refractivity contribution in [2.24, 2.45) is 5.92 Å². The average molecular weight is 363 g/mol. The minimum Gasteiger partial charge on any atom is -0.461 e. The minimum atomic E-state index is -4.36. The Balaban J connectivity index is 1.56. The van der Waals surface area contributed by atoms with Crippen molar-refractivity contribution in [1.82, 2.24) is 4.90 Å². The summed E-state index contributed by atoms with van der Waals surface area (Å²) in [6.45, 7) is 2.40. The molecule has 1 aromatic carbocycles. The molecule has 0 N–H and O–H groups in total. The standard InChI is InChI=1S/C20H20F3NO2/c1-13-11-17(13)18-9-7-16(26-18)8-10-19(25)24(2)12-14-3-5-15(6-4-14)20(21,22)23/h3-10,13,17H,11-12H2,1-2H3/b10-8+. The third kappa shape index (κ3) is 4.36. The van der Waals surface area contributed by atoms with Crippen LogP contribution in [0.1, 0.15) is 41.9 Å². The van der Waals surface area contributed by atoms with Crippen molar-refractivity contribution in [2.75, 3.05) is 7.05 Å². The maximum Gasteiger partial charge on any atom is 0.416 e. The zero-order valence-electron chi connectivity index (χ0n) is 14.6. The van der Waals surface area contributed by atoms with Crippen LogP contribution in [0.2, 0.25) is 0 Å². The van der Waals surface area contributed by atoms with E-state index in [1.165, 1.54) is 23.1 Å². The number of hydrogen-bond acceptors (Lipinski definition) is 2. The molecule has 1 heterocycles. The Morgan fingerprint density at radius 1 is 1.23 bits per heavy atom. The first-order valence-electron chi connectivity index (χ1n) is 8.43. The van der Waals surface area contributed by atoms with Gasteiger partial charge in [0.15, 0.2) is 0 Å². The maximum atomic E-state index is 12.6. The third-order valence-electron chi connectivity index (χ3n) is 4.59. The van der Waals surface area contributed by atoms with Gasteiger partial charge in [-0.2, -0.15) is 13.2 Å². The Hall–Kier alpha value is -2.50. The second-order valence-electron chi connectivity index (χ2n) is 6.78. The van der Waals surface area contributed by atoms with E-state index in [-0.39, 0.29) is 12.5 Å². The number of nitrogens with zero attached hydrogens (tertiary/aromatic N) is 1. The van der Waals surface area contributed by atoms with E-state index in [4.69, 9.17) is 4.42 Å². The van der Waals surface area contributed by atoms with Crippen LogP contribution in [0.25, 0.3) is 6.08 Å². The molecule has 1 saturated carbocycles. The van der Waals surface area contributed by atoms with E-state index in [0.717, 1.165) is 24.3 Å². The molecule has 1 aliphatic carbocycles. The van der Waals surface area contributed by atoms with Crippen LogP contribution >= 0.6 is 0 Å². The molecule has 0 bridgehead atoms. The van der Waals surface area contributed by atoms with E-state index in [9.17, 15) is 18.0 Å². The summed E-state index contributed by atoms with van der Waals surface area (Å²) < 4.78 is 43.4. The average Bonchev–Trinajstić information content (AvgIpc) is 3.13. The summed E-state index contributed by atoms with van der Waals surface area (Å²) in [4.78, 5) is 13.6. The summed E-state index contributed by atoms with van der Waals surface area (Å²) >= 11 is 0. The van der Waals surface area contributed by atoms with E-state index >= 15 is 0 Å². The predicted octanol–water partition coefficient (Wildman–Crippen LogP) is 5.09. The van der Waals surface area contributed by atoms with Gasteiger partial charge in [-0.05, 0) is 48.2 Å². The number of carbonyl (C=O) groups excluding carboxylic acids is 1. The molecule has 0 spiro atoms. The number of benzene rings is 1. The monoisotopic (exact) mass is 363 g/mol. The number of rotatable bonds is 5. The molecule has 2 atom stereocenters. The van der Waals surface area contributed by atoms with Crippen molar-refractivity contribution in [2.45, 2.75) is 32.0 Å². The lowest BCUT2D eigenvalue weighted by atomic mass is 10.1. The summed E-state index contributed by atoms with van der Waals surface area (Å²) in [5, 5.41) is 0. The topological polar surface area (TPSA) is 33.5 Å².